The van der Waals surface area contributed by atoms with E-state index in [0.717, 1.165) is 0 Å². The van der Waals surface area contributed by atoms with E-state index in [9.17, 15) is 19.4 Å². The maximum absolute atomic E-state index is 12.4. The van der Waals surface area contributed by atoms with E-state index in [-0.39, 0.29) is 36.7 Å². The summed E-state index contributed by atoms with van der Waals surface area (Å²) in [5.74, 6) is -1.46. The average Bonchev–Trinajstić information content (AvgIpc) is 2.61. The molecule has 9 nitrogen and oxygen atoms in total. The molecule has 0 radical (unpaired) electrons. The van der Waals surface area contributed by atoms with Crippen LogP contribution < -0.4 is 9.97 Å². The van der Waals surface area contributed by atoms with Gasteiger partial charge in [0.2, 0.25) is 12.2 Å². The van der Waals surface area contributed by atoms with Crippen LogP contribution in [0.5, 0.6) is 5.75 Å². The molecule has 1 unspecified atom stereocenters. The van der Waals surface area contributed by atoms with E-state index in [2.05, 4.69) is 10.1 Å². The zero-order valence-corrected chi connectivity index (χ0v) is 15.4. The van der Waals surface area contributed by atoms with E-state index in [1.807, 2.05) is 0 Å². The van der Waals surface area contributed by atoms with Crippen LogP contribution in [-0.2, 0) is 25.4 Å². The lowest BCUT2D eigenvalue weighted by Gasteiger charge is -2.29. The lowest BCUT2D eigenvalue weighted by molar-refractivity contribution is -0.121. The van der Waals surface area contributed by atoms with Gasteiger partial charge in [0.25, 0.3) is 0 Å². The molecule has 0 bridgehead atoms. The van der Waals surface area contributed by atoms with Gasteiger partial charge in [0.15, 0.2) is 0 Å². The summed E-state index contributed by atoms with van der Waals surface area (Å²) in [5.41, 5.74) is 0.709. The molecule has 0 saturated heterocycles. The third kappa shape index (κ3) is 5.36. The van der Waals surface area contributed by atoms with Crippen molar-refractivity contribution in [2.45, 2.75) is 45.8 Å². The van der Waals surface area contributed by atoms with Gasteiger partial charge in [-0.1, -0.05) is 19.1 Å². The summed E-state index contributed by atoms with van der Waals surface area (Å²) in [7, 11) is -1.31. The minimum absolute atomic E-state index is 0.0751. The van der Waals surface area contributed by atoms with Gasteiger partial charge in [-0.25, -0.2) is 9.59 Å². The molecule has 0 fully saturated rings. The Kier molecular flexibility index (Phi) is 7.06. The molecule has 10 heteroatoms. The molecule has 0 aliphatic carbocycles. The predicted molar refractivity (Wildman–Crippen MR) is 94.0 cm³/mol. The molecule has 1 aliphatic heterocycles. The van der Waals surface area contributed by atoms with Crippen molar-refractivity contribution in [3.63, 3.8) is 0 Å². The largest absolute Gasteiger partial charge is 0.547 e. The fourth-order valence-electron chi connectivity index (χ4n) is 2.54. The van der Waals surface area contributed by atoms with Crippen molar-refractivity contribution in [3.8, 4) is 5.75 Å². The van der Waals surface area contributed by atoms with Gasteiger partial charge in [0, 0.05) is 13.3 Å². The van der Waals surface area contributed by atoms with Crippen molar-refractivity contribution < 1.29 is 38.3 Å². The van der Waals surface area contributed by atoms with Crippen LogP contribution in [0.3, 0.4) is 0 Å². The standard InChI is InChI=1S/C17H22BNO8/c1-4-14(20)19-13-9-11-7-6-8-12(15(11)27-18(13)23)16(21)25-10(3)26-17(22)24-5-2/h6-8,10,13,23H,4-5,9H2,1-3H3,(H,19,20)/t10?,13-/m0/s1. The number of hydrogen-bond donors (Lipinski definition) is 2. The van der Waals surface area contributed by atoms with E-state index in [1.54, 1.807) is 26.0 Å². The molecule has 0 spiro atoms. The van der Waals surface area contributed by atoms with Gasteiger partial charge in [-0.05, 0) is 25.0 Å². The fourth-order valence-corrected chi connectivity index (χ4v) is 2.54. The number of benzene rings is 1. The van der Waals surface area contributed by atoms with Crippen molar-refractivity contribution in [2.24, 2.45) is 0 Å². The molecule has 2 atom stereocenters. The van der Waals surface area contributed by atoms with Crippen LogP contribution in [-0.4, -0.2) is 49.0 Å². The minimum Gasteiger partial charge on any atom is -0.534 e. The monoisotopic (exact) mass is 379 g/mol. The lowest BCUT2D eigenvalue weighted by atomic mass is 9.72. The fraction of sp³-hybridized carbons (Fsp3) is 0.471. The first-order valence-electron chi connectivity index (χ1n) is 8.66. The molecule has 2 N–H and O–H groups in total. The summed E-state index contributed by atoms with van der Waals surface area (Å²) in [5, 5.41) is 12.8. The summed E-state index contributed by atoms with van der Waals surface area (Å²) < 4.78 is 19.9. The lowest BCUT2D eigenvalue weighted by Crippen LogP contribution is -2.53. The summed E-state index contributed by atoms with van der Waals surface area (Å²) in [6.45, 7) is 4.82. The highest BCUT2D eigenvalue weighted by molar-refractivity contribution is 6.47. The summed E-state index contributed by atoms with van der Waals surface area (Å²) in [6.07, 6.45) is -1.55. The first-order valence-corrected chi connectivity index (χ1v) is 8.66. The van der Waals surface area contributed by atoms with Gasteiger partial charge in [-0.3, -0.25) is 4.79 Å². The highest BCUT2D eigenvalue weighted by Gasteiger charge is 2.37. The van der Waals surface area contributed by atoms with Crippen molar-refractivity contribution >= 4 is 25.2 Å². The topological polar surface area (TPSA) is 120 Å². The van der Waals surface area contributed by atoms with E-state index in [0.29, 0.717) is 5.56 Å². The van der Waals surface area contributed by atoms with Crippen LogP contribution in [0.2, 0.25) is 0 Å². The number of amides is 1. The average molecular weight is 379 g/mol. The first kappa shape index (κ1) is 20.6. The van der Waals surface area contributed by atoms with Crippen molar-refractivity contribution in [1.29, 1.82) is 0 Å². The normalized spacial score (nSPS) is 16.4. The Bertz CT molecular complexity index is 710. The van der Waals surface area contributed by atoms with Gasteiger partial charge in [-0.15, -0.1) is 0 Å². The van der Waals surface area contributed by atoms with E-state index in [1.165, 1.54) is 13.0 Å². The van der Waals surface area contributed by atoms with E-state index in [4.69, 9.17) is 14.1 Å². The van der Waals surface area contributed by atoms with Crippen molar-refractivity contribution in [2.75, 3.05) is 6.61 Å². The van der Waals surface area contributed by atoms with Crippen LogP contribution in [0.1, 0.15) is 43.1 Å². The first-order chi connectivity index (χ1) is 12.8. The third-order valence-electron chi connectivity index (χ3n) is 3.80. The highest BCUT2D eigenvalue weighted by atomic mass is 16.8. The van der Waals surface area contributed by atoms with Crippen LogP contribution in [0.4, 0.5) is 4.79 Å². The molecule has 0 aromatic heterocycles. The smallest absolute Gasteiger partial charge is 0.534 e. The van der Waals surface area contributed by atoms with Crippen LogP contribution in [0, 0.1) is 0 Å². The molecule has 1 amide bonds. The van der Waals surface area contributed by atoms with Gasteiger partial charge in [0.1, 0.15) is 11.3 Å². The Morgan fingerprint density at radius 2 is 2.07 bits per heavy atom. The summed E-state index contributed by atoms with van der Waals surface area (Å²) in [6, 6.07) is 4.82. The molecule has 1 aromatic carbocycles. The number of para-hydroxylation sites is 1. The summed E-state index contributed by atoms with van der Waals surface area (Å²) in [4.78, 5) is 35.2. The number of fused-ring (bicyclic) bond motifs is 1. The second kappa shape index (κ2) is 9.27. The van der Waals surface area contributed by atoms with Crippen molar-refractivity contribution in [1.82, 2.24) is 5.32 Å². The Hall–Kier alpha value is -2.75. The van der Waals surface area contributed by atoms with Gasteiger partial charge in [-0.2, -0.15) is 0 Å². The highest BCUT2D eigenvalue weighted by Crippen LogP contribution is 2.31. The number of esters is 1. The Morgan fingerprint density at radius 3 is 2.74 bits per heavy atom. The SMILES string of the molecule is CCOC(=O)OC(C)OC(=O)c1cccc2c1OB(O)[C@@H](NC(=O)CC)C2. The molecular weight excluding hydrogens is 357 g/mol. The molecule has 27 heavy (non-hydrogen) atoms. The van der Waals surface area contributed by atoms with E-state index < -0.39 is 31.5 Å². The molecular formula is C17H22BNO8. The van der Waals surface area contributed by atoms with Gasteiger partial charge < -0.3 is 29.2 Å². The zero-order chi connectivity index (χ0) is 20.0. The molecule has 146 valence electrons. The maximum Gasteiger partial charge on any atom is 0.547 e. The number of carbonyl (C=O) groups is 3. The number of nitrogens with one attached hydrogen (secondary N) is 1. The Morgan fingerprint density at radius 1 is 1.33 bits per heavy atom. The van der Waals surface area contributed by atoms with E-state index >= 15 is 0 Å². The molecule has 1 aromatic rings. The minimum atomic E-state index is -1.31. The third-order valence-corrected chi connectivity index (χ3v) is 3.80. The summed E-state index contributed by atoms with van der Waals surface area (Å²) >= 11 is 0. The molecule has 1 aliphatic rings. The number of carbonyl (C=O) groups excluding carboxylic acids is 3. The zero-order valence-electron chi connectivity index (χ0n) is 15.4. The molecule has 1 heterocycles. The number of rotatable bonds is 6. The van der Waals surface area contributed by atoms with Gasteiger partial charge in [0.05, 0.1) is 12.5 Å². The predicted octanol–water partition coefficient (Wildman–Crippen LogP) is 1.21. The van der Waals surface area contributed by atoms with Crippen LogP contribution >= 0.6 is 0 Å². The Labute approximate surface area is 157 Å². The molecule has 0 saturated carbocycles. The number of ether oxygens (including phenoxy) is 3. The molecule has 2 rings (SSSR count). The quantitative estimate of drug-likeness (QED) is 0.430. The Balaban J connectivity index is 2.10. The second-order valence-corrected chi connectivity index (χ2v) is 5.81. The second-order valence-electron chi connectivity index (χ2n) is 5.81. The van der Waals surface area contributed by atoms with Gasteiger partial charge >= 0.3 is 19.2 Å². The maximum atomic E-state index is 12.4. The van der Waals surface area contributed by atoms with Crippen LogP contribution in [0.15, 0.2) is 18.2 Å². The van der Waals surface area contributed by atoms with Crippen LogP contribution in [0.25, 0.3) is 0 Å². The number of hydrogen-bond acceptors (Lipinski definition) is 8. The van der Waals surface area contributed by atoms with Crippen molar-refractivity contribution in [3.05, 3.63) is 29.3 Å².